The molecular weight excluding hydrogens is 183 g/mol. The SMILES string of the molecule is COc1nc(C)c(C(F)F)cc1F. The number of halogens is 3. The Bertz CT molecular complexity index is 315. The van der Waals surface area contributed by atoms with E-state index in [1.54, 1.807) is 0 Å². The van der Waals surface area contributed by atoms with Gasteiger partial charge >= 0.3 is 0 Å². The summed E-state index contributed by atoms with van der Waals surface area (Å²) in [6, 6.07) is 0.742. The van der Waals surface area contributed by atoms with Gasteiger partial charge in [0.1, 0.15) is 0 Å². The van der Waals surface area contributed by atoms with Gasteiger partial charge in [0.2, 0.25) is 5.88 Å². The first-order valence-electron chi connectivity index (χ1n) is 3.55. The van der Waals surface area contributed by atoms with Crippen LogP contribution in [0.25, 0.3) is 0 Å². The maximum Gasteiger partial charge on any atom is 0.265 e. The Hall–Kier alpha value is -1.26. The van der Waals surface area contributed by atoms with Crippen molar-refractivity contribution in [1.29, 1.82) is 0 Å². The van der Waals surface area contributed by atoms with Gasteiger partial charge in [0.25, 0.3) is 6.43 Å². The van der Waals surface area contributed by atoms with Crippen LogP contribution in [0.2, 0.25) is 0 Å². The quantitative estimate of drug-likeness (QED) is 0.716. The molecule has 0 fully saturated rings. The van der Waals surface area contributed by atoms with Crippen molar-refractivity contribution in [2.24, 2.45) is 0 Å². The van der Waals surface area contributed by atoms with E-state index in [0.29, 0.717) is 0 Å². The Morgan fingerprint density at radius 3 is 2.54 bits per heavy atom. The number of aryl methyl sites for hydroxylation is 1. The first-order chi connectivity index (χ1) is 6.06. The third kappa shape index (κ3) is 1.91. The lowest BCUT2D eigenvalue weighted by Crippen LogP contribution is -1.99. The van der Waals surface area contributed by atoms with Gasteiger partial charge in [-0.15, -0.1) is 0 Å². The highest BCUT2D eigenvalue weighted by molar-refractivity contribution is 5.27. The zero-order valence-electron chi connectivity index (χ0n) is 7.14. The minimum absolute atomic E-state index is 0.0771. The highest BCUT2D eigenvalue weighted by Crippen LogP contribution is 2.25. The number of rotatable bonds is 2. The lowest BCUT2D eigenvalue weighted by molar-refractivity contribution is 0.149. The molecule has 1 rings (SSSR count). The minimum atomic E-state index is -2.71. The molecular formula is C8H8F3NO. The Morgan fingerprint density at radius 2 is 2.08 bits per heavy atom. The summed E-state index contributed by atoms with van der Waals surface area (Å²) in [5, 5.41) is 0. The molecule has 0 N–H and O–H groups in total. The van der Waals surface area contributed by atoms with Gasteiger partial charge in [-0.2, -0.15) is 0 Å². The Kier molecular flexibility index (Phi) is 2.75. The molecule has 0 aliphatic heterocycles. The molecule has 0 spiro atoms. The third-order valence-corrected chi connectivity index (χ3v) is 1.60. The molecule has 0 aromatic carbocycles. The second-order valence-electron chi connectivity index (χ2n) is 2.45. The molecule has 0 aliphatic carbocycles. The molecule has 1 heterocycles. The van der Waals surface area contributed by atoms with Gasteiger partial charge in [0, 0.05) is 5.56 Å². The van der Waals surface area contributed by atoms with Crippen molar-refractivity contribution >= 4 is 0 Å². The second kappa shape index (κ2) is 3.64. The van der Waals surface area contributed by atoms with Gasteiger partial charge in [-0.05, 0) is 13.0 Å². The fraction of sp³-hybridized carbons (Fsp3) is 0.375. The fourth-order valence-corrected chi connectivity index (χ4v) is 0.937. The lowest BCUT2D eigenvalue weighted by Gasteiger charge is -2.06. The van der Waals surface area contributed by atoms with Crippen LogP contribution in [0.15, 0.2) is 6.07 Å². The zero-order chi connectivity index (χ0) is 10.0. The molecule has 0 saturated carbocycles. The molecule has 0 bridgehead atoms. The van der Waals surface area contributed by atoms with Crippen LogP contribution in [-0.4, -0.2) is 12.1 Å². The van der Waals surface area contributed by atoms with E-state index in [-0.39, 0.29) is 11.6 Å². The molecule has 2 nitrogen and oxygen atoms in total. The van der Waals surface area contributed by atoms with Gasteiger partial charge in [-0.25, -0.2) is 18.2 Å². The summed E-state index contributed by atoms with van der Waals surface area (Å²) in [4.78, 5) is 3.54. The van der Waals surface area contributed by atoms with Gasteiger partial charge in [-0.1, -0.05) is 0 Å². The van der Waals surface area contributed by atoms with E-state index in [2.05, 4.69) is 9.72 Å². The van der Waals surface area contributed by atoms with Crippen molar-refractivity contribution in [3.8, 4) is 5.88 Å². The van der Waals surface area contributed by atoms with Gasteiger partial charge < -0.3 is 4.74 Å². The predicted molar refractivity (Wildman–Crippen MR) is 40.4 cm³/mol. The van der Waals surface area contributed by atoms with E-state index in [9.17, 15) is 13.2 Å². The predicted octanol–water partition coefficient (Wildman–Crippen LogP) is 2.48. The van der Waals surface area contributed by atoms with Gasteiger partial charge in [0.05, 0.1) is 12.8 Å². The van der Waals surface area contributed by atoms with Crippen molar-refractivity contribution in [2.45, 2.75) is 13.3 Å². The van der Waals surface area contributed by atoms with Crippen molar-refractivity contribution in [3.63, 3.8) is 0 Å². The van der Waals surface area contributed by atoms with Crippen LogP contribution >= 0.6 is 0 Å². The van der Waals surface area contributed by atoms with Crippen LogP contribution in [-0.2, 0) is 0 Å². The number of alkyl halides is 2. The van der Waals surface area contributed by atoms with E-state index < -0.39 is 17.8 Å². The lowest BCUT2D eigenvalue weighted by atomic mass is 10.2. The van der Waals surface area contributed by atoms with Gasteiger partial charge in [-0.3, -0.25) is 0 Å². The molecule has 0 radical (unpaired) electrons. The van der Waals surface area contributed by atoms with E-state index in [1.165, 1.54) is 14.0 Å². The number of pyridine rings is 1. The van der Waals surface area contributed by atoms with E-state index >= 15 is 0 Å². The molecule has 0 saturated heterocycles. The monoisotopic (exact) mass is 191 g/mol. The number of hydrogen-bond donors (Lipinski definition) is 0. The smallest absolute Gasteiger partial charge is 0.265 e. The van der Waals surface area contributed by atoms with Crippen LogP contribution in [0.1, 0.15) is 17.7 Å². The van der Waals surface area contributed by atoms with Crippen molar-refractivity contribution < 1.29 is 17.9 Å². The summed E-state index contributed by atoms with van der Waals surface area (Å²) in [6.45, 7) is 1.38. The molecule has 1 aromatic rings. The van der Waals surface area contributed by atoms with Gasteiger partial charge in [0.15, 0.2) is 5.82 Å². The minimum Gasteiger partial charge on any atom is -0.479 e. The van der Waals surface area contributed by atoms with Crippen LogP contribution in [0.5, 0.6) is 5.88 Å². The first kappa shape index (κ1) is 9.83. The summed E-state index contributed by atoms with van der Waals surface area (Å²) >= 11 is 0. The summed E-state index contributed by atoms with van der Waals surface area (Å²) in [5.41, 5.74) is -0.327. The molecule has 1 aromatic heterocycles. The molecule has 0 aliphatic rings. The zero-order valence-corrected chi connectivity index (χ0v) is 7.14. The number of methoxy groups -OCH3 is 1. The Balaban J connectivity index is 3.20. The molecule has 0 atom stereocenters. The number of ether oxygens (including phenoxy) is 1. The Labute approximate surface area is 73.4 Å². The van der Waals surface area contributed by atoms with Crippen molar-refractivity contribution in [2.75, 3.05) is 7.11 Å². The van der Waals surface area contributed by atoms with Crippen LogP contribution in [0.4, 0.5) is 13.2 Å². The average molecular weight is 191 g/mol. The highest BCUT2D eigenvalue weighted by Gasteiger charge is 2.16. The van der Waals surface area contributed by atoms with Crippen LogP contribution in [0.3, 0.4) is 0 Å². The molecule has 72 valence electrons. The highest BCUT2D eigenvalue weighted by atomic mass is 19.3. The fourth-order valence-electron chi connectivity index (χ4n) is 0.937. The maximum atomic E-state index is 12.9. The average Bonchev–Trinajstić information content (AvgIpc) is 2.07. The maximum absolute atomic E-state index is 12.9. The van der Waals surface area contributed by atoms with Crippen LogP contribution in [0, 0.1) is 12.7 Å². The largest absolute Gasteiger partial charge is 0.479 e. The standard InChI is InChI=1S/C8H8F3NO/c1-4-5(7(10)11)3-6(9)8(12-4)13-2/h3,7H,1-2H3. The first-order valence-corrected chi connectivity index (χ1v) is 3.55. The summed E-state index contributed by atoms with van der Waals surface area (Å²) in [6.07, 6.45) is -2.71. The number of nitrogens with zero attached hydrogens (tertiary/aromatic N) is 1. The summed E-state index contributed by atoms with van der Waals surface area (Å²) in [5.74, 6) is -1.13. The van der Waals surface area contributed by atoms with Crippen molar-refractivity contribution in [3.05, 3.63) is 23.1 Å². The molecule has 5 heteroatoms. The molecule has 0 amide bonds. The second-order valence-corrected chi connectivity index (χ2v) is 2.45. The normalized spacial score (nSPS) is 10.6. The topological polar surface area (TPSA) is 22.1 Å². The number of hydrogen-bond acceptors (Lipinski definition) is 2. The summed E-state index contributed by atoms with van der Waals surface area (Å²) in [7, 11) is 1.23. The van der Waals surface area contributed by atoms with E-state index in [4.69, 9.17) is 0 Å². The summed E-state index contributed by atoms with van der Waals surface area (Å²) < 4.78 is 41.8. The van der Waals surface area contributed by atoms with Crippen molar-refractivity contribution in [1.82, 2.24) is 4.98 Å². The van der Waals surface area contributed by atoms with E-state index in [1.807, 2.05) is 0 Å². The van der Waals surface area contributed by atoms with E-state index in [0.717, 1.165) is 6.07 Å². The van der Waals surface area contributed by atoms with Crippen LogP contribution < -0.4 is 4.74 Å². The Morgan fingerprint density at radius 1 is 1.46 bits per heavy atom. The molecule has 0 unspecified atom stereocenters. The number of aromatic nitrogens is 1. The molecule has 13 heavy (non-hydrogen) atoms. The third-order valence-electron chi connectivity index (χ3n) is 1.60.